The second-order valence-electron chi connectivity index (χ2n) is 7.16. The quantitative estimate of drug-likeness (QED) is 0.382. The molecule has 0 saturated carbocycles. The molecule has 0 N–H and O–H groups in total. The summed E-state index contributed by atoms with van der Waals surface area (Å²) in [4.78, 5) is 16.3. The molecule has 126 valence electrons. The van der Waals surface area contributed by atoms with E-state index in [1.807, 2.05) is 30.5 Å². The number of hydrogen-bond donors (Lipinski definition) is 0. The predicted octanol–water partition coefficient (Wildman–Crippen LogP) is 5.24. The van der Waals surface area contributed by atoms with Gasteiger partial charge in [0.25, 0.3) is 0 Å². The normalized spacial score (nSPS) is 14.4. The van der Waals surface area contributed by atoms with E-state index in [9.17, 15) is 4.79 Å². The van der Waals surface area contributed by atoms with Gasteiger partial charge in [-0.2, -0.15) is 0 Å². The maximum atomic E-state index is 11.6. The van der Waals surface area contributed by atoms with Crippen molar-refractivity contribution in [3.63, 3.8) is 0 Å². The van der Waals surface area contributed by atoms with E-state index >= 15 is 0 Å². The number of aldehydes is 1. The minimum atomic E-state index is -0.412. The van der Waals surface area contributed by atoms with Gasteiger partial charge in [0.2, 0.25) is 0 Å². The zero-order valence-corrected chi connectivity index (χ0v) is 14.5. The summed E-state index contributed by atoms with van der Waals surface area (Å²) in [6.07, 6.45) is 2.78. The number of pyridine rings is 1. The summed E-state index contributed by atoms with van der Waals surface area (Å²) in [6, 6.07) is 27.4. The lowest BCUT2D eigenvalue weighted by Crippen LogP contribution is -2.26. The van der Waals surface area contributed by atoms with Gasteiger partial charge in [0.05, 0.1) is 11.1 Å². The third kappa shape index (κ3) is 1.61. The van der Waals surface area contributed by atoms with Crippen molar-refractivity contribution in [2.45, 2.75) is 5.41 Å². The van der Waals surface area contributed by atoms with E-state index in [1.165, 1.54) is 27.8 Å². The largest absolute Gasteiger partial charge is 0.298 e. The topological polar surface area (TPSA) is 30.0 Å². The smallest absolute Gasteiger partial charge is 0.150 e. The van der Waals surface area contributed by atoms with Crippen LogP contribution in [0.15, 0.2) is 85.1 Å². The van der Waals surface area contributed by atoms with E-state index in [2.05, 4.69) is 54.6 Å². The lowest BCUT2D eigenvalue weighted by molar-refractivity contribution is 0.112. The summed E-state index contributed by atoms with van der Waals surface area (Å²) in [5.41, 5.74) is 9.80. The van der Waals surface area contributed by atoms with Gasteiger partial charge < -0.3 is 0 Å². The van der Waals surface area contributed by atoms with Crippen molar-refractivity contribution in [3.8, 4) is 22.4 Å². The van der Waals surface area contributed by atoms with Crippen LogP contribution in [0.25, 0.3) is 22.4 Å². The Balaban J connectivity index is 1.87. The van der Waals surface area contributed by atoms with Gasteiger partial charge >= 0.3 is 0 Å². The Kier molecular flexibility index (Phi) is 2.72. The molecule has 6 rings (SSSR count). The van der Waals surface area contributed by atoms with Crippen LogP contribution in [0.2, 0.25) is 0 Å². The number of benzene rings is 3. The molecule has 0 aliphatic heterocycles. The molecule has 2 aliphatic rings. The summed E-state index contributed by atoms with van der Waals surface area (Å²) < 4.78 is 0. The van der Waals surface area contributed by atoms with Gasteiger partial charge in [-0.3, -0.25) is 9.78 Å². The van der Waals surface area contributed by atoms with Crippen LogP contribution in [-0.2, 0) is 5.41 Å². The van der Waals surface area contributed by atoms with Gasteiger partial charge in [-0.15, -0.1) is 0 Å². The van der Waals surface area contributed by atoms with E-state index < -0.39 is 5.41 Å². The van der Waals surface area contributed by atoms with Crippen molar-refractivity contribution in [2.75, 3.05) is 0 Å². The molecule has 0 bridgehead atoms. The third-order valence-corrected chi connectivity index (χ3v) is 6.00. The fourth-order valence-electron chi connectivity index (χ4n) is 5.03. The number of carbonyl (C=O) groups is 1. The molecule has 1 spiro atoms. The molecule has 1 aromatic heterocycles. The fraction of sp³-hybridized carbons (Fsp3) is 0.0400. The van der Waals surface area contributed by atoms with Gasteiger partial charge in [-0.25, -0.2) is 0 Å². The lowest BCUT2D eigenvalue weighted by Gasteiger charge is -2.30. The van der Waals surface area contributed by atoms with Crippen LogP contribution >= 0.6 is 0 Å². The van der Waals surface area contributed by atoms with Crippen molar-refractivity contribution in [3.05, 3.63) is 113 Å². The number of rotatable bonds is 1. The molecule has 0 saturated heterocycles. The first kappa shape index (κ1) is 14.6. The Labute approximate surface area is 157 Å². The van der Waals surface area contributed by atoms with Crippen LogP contribution in [-0.4, -0.2) is 11.3 Å². The molecule has 4 aromatic rings. The van der Waals surface area contributed by atoms with Crippen LogP contribution in [0.1, 0.15) is 32.6 Å². The molecule has 0 amide bonds. The summed E-state index contributed by atoms with van der Waals surface area (Å²) in [5.74, 6) is 0. The van der Waals surface area contributed by atoms with E-state index in [0.717, 1.165) is 23.1 Å². The average Bonchev–Trinajstić information content (AvgIpc) is 3.21. The summed E-state index contributed by atoms with van der Waals surface area (Å²) in [6.45, 7) is 0. The van der Waals surface area contributed by atoms with E-state index in [1.54, 1.807) is 0 Å². The Morgan fingerprint density at radius 2 is 1.33 bits per heavy atom. The van der Waals surface area contributed by atoms with E-state index in [-0.39, 0.29) is 0 Å². The standard InChI is InChI=1S/C25H15NO/c27-15-16-11-12-19-23(14-16)25(22-10-5-13-26-24(19)22)20-8-3-1-6-17(20)18-7-2-4-9-21(18)25/h1-15H. The van der Waals surface area contributed by atoms with Crippen LogP contribution in [0.3, 0.4) is 0 Å². The van der Waals surface area contributed by atoms with Gasteiger partial charge in [-0.1, -0.05) is 66.7 Å². The van der Waals surface area contributed by atoms with E-state index in [0.29, 0.717) is 5.56 Å². The molecular formula is C25H15NO. The van der Waals surface area contributed by atoms with Crippen molar-refractivity contribution in [1.82, 2.24) is 4.98 Å². The second-order valence-corrected chi connectivity index (χ2v) is 7.16. The highest BCUT2D eigenvalue weighted by Crippen LogP contribution is 2.62. The molecule has 0 radical (unpaired) electrons. The Hall–Kier alpha value is -3.52. The minimum absolute atomic E-state index is 0.412. The second kappa shape index (κ2) is 5.01. The SMILES string of the molecule is O=Cc1ccc2c(c1)C1(c3ccccc3-c3ccccc31)c1cccnc1-2. The maximum absolute atomic E-state index is 11.6. The van der Waals surface area contributed by atoms with E-state index in [4.69, 9.17) is 4.98 Å². The van der Waals surface area contributed by atoms with Crippen molar-refractivity contribution in [1.29, 1.82) is 0 Å². The molecule has 0 unspecified atom stereocenters. The fourth-order valence-corrected chi connectivity index (χ4v) is 5.03. The van der Waals surface area contributed by atoms with Gasteiger partial charge in [0.15, 0.2) is 0 Å². The maximum Gasteiger partial charge on any atom is 0.150 e. The minimum Gasteiger partial charge on any atom is -0.298 e. The van der Waals surface area contributed by atoms with Crippen LogP contribution in [0.4, 0.5) is 0 Å². The van der Waals surface area contributed by atoms with Crippen molar-refractivity contribution in [2.24, 2.45) is 0 Å². The zero-order chi connectivity index (χ0) is 18.0. The zero-order valence-electron chi connectivity index (χ0n) is 14.5. The number of carbonyl (C=O) groups excluding carboxylic acids is 1. The number of nitrogens with zero attached hydrogens (tertiary/aromatic N) is 1. The number of fused-ring (bicyclic) bond motifs is 10. The highest BCUT2D eigenvalue weighted by Gasteiger charge is 2.52. The molecule has 0 atom stereocenters. The molecule has 27 heavy (non-hydrogen) atoms. The van der Waals surface area contributed by atoms with Gasteiger partial charge in [0.1, 0.15) is 6.29 Å². The molecule has 1 heterocycles. The van der Waals surface area contributed by atoms with Gasteiger partial charge in [0, 0.05) is 17.3 Å². The third-order valence-electron chi connectivity index (χ3n) is 6.00. The van der Waals surface area contributed by atoms with Crippen LogP contribution < -0.4 is 0 Å². The molecule has 0 fully saturated rings. The number of hydrogen-bond acceptors (Lipinski definition) is 2. The first-order chi connectivity index (χ1) is 13.4. The molecular weight excluding hydrogens is 330 g/mol. The summed E-state index contributed by atoms with van der Waals surface area (Å²) in [7, 11) is 0. The molecule has 2 aliphatic carbocycles. The number of aromatic nitrogens is 1. The molecule has 2 heteroatoms. The van der Waals surface area contributed by atoms with Gasteiger partial charge in [-0.05, 0) is 45.5 Å². The summed E-state index contributed by atoms with van der Waals surface area (Å²) in [5, 5.41) is 0. The van der Waals surface area contributed by atoms with Crippen molar-refractivity contribution >= 4 is 6.29 Å². The first-order valence-corrected chi connectivity index (χ1v) is 9.10. The van der Waals surface area contributed by atoms with Crippen LogP contribution in [0, 0.1) is 0 Å². The first-order valence-electron chi connectivity index (χ1n) is 9.10. The Morgan fingerprint density at radius 3 is 2.04 bits per heavy atom. The molecule has 3 aromatic carbocycles. The average molecular weight is 345 g/mol. The predicted molar refractivity (Wildman–Crippen MR) is 106 cm³/mol. The Morgan fingerprint density at radius 1 is 0.667 bits per heavy atom. The molecule has 2 nitrogen and oxygen atoms in total. The van der Waals surface area contributed by atoms with Crippen LogP contribution in [0.5, 0.6) is 0 Å². The summed E-state index contributed by atoms with van der Waals surface area (Å²) >= 11 is 0. The lowest BCUT2D eigenvalue weighted by atomic mass is 9.70. The van der Waals surface area contributed by atoms with Crippen molar-refractivity contribution < 1.29 is 4.79 Å². The highest BCUT2D eigenvalue weighted by molar-refractivity contribution is 5.94. The highest BCUT2D eigenvalue weighted by atomic mass is 16.1. The Bertz CT molecular complexity index is 1190. The monoisotopic (exact) mass is 345 g/mol.